The van der Waals surface area contributed by atoms with E-state index in [0.717, 1.165) is 19.6 Å². The van der Waals surface area contributed by atoms with Crippen molar-refractivity contribution in [2.45, 2.75) is 26.3 Å². The summed E-state index contributed by atoms with van der Waals surface area (Å²) < 4.78 is 28.3. The first-order valence-corrected chi connectivity index (χ1v) is 14.0. The second kappa shape index (κ2) is 12.7. The SMILES string of the molecule is CCOc1ccc(C2C(C(=O)c3cc4cccc(OC)c4o3)=C(O)C(=O)N2CCCN2CCOCC2)cc1OCC. The molecule has 1 fully saturated rings. The number of aliphatic hydroxyl groups is 1. The average molecular weight is 565 g/mol. The van der Waals surface area contributed by atoms with Gasteiger partial charge in [0.05, 0.1) is 45.2 Å². The van der Waals surface area contributed by atoms with Gasteiger partial charge in [-0.25, -0.2) is 0 Å². The first-order valence-electron chi connectivity index (χ1n) is 14.0. The fourth-order valence-electron chi connectivity index (χ4n) is 5.43. The van der Waals surface area contributed by atoms with E-state index in [1.807, 2.05) is 19.9 Å². The van der Waals surface area contributed by atoms with Crippen LogP contribution in [0.25, 0.3) is 11.0 Å². The first-order chi connectivity index (χ1) is 20.0. The number of methoxy groups -OCH3 is 1. The molecule has 1 atom stereocenters. The van der Waals surface area contributed by atoms with Gasteiger partial charge in [-0.3, -0.25) is 14.5 Å². The molecule has 1 aromatic heterocycles. The van der Waals surface area contributed by atoms with Crippen molar-refractivity contribution in [3.05, 3.63) is 65.1 Å². The van der Waals surface area contributed by atoms with Gasteiger partial charge in [0.2, 0.25) is 5.78 Å². The lowest BCUT2D eigenvalue weighted by Gasteiger charge is -2.30. The van der Waals surface area contributed by atoms with Crippen LogP contribution in [0.4, 0.5) is 0 Å². The number of amides is 1. The molecule has 10 heteroatoms. The molecule has 2 aliphatic heterocycles. The molecule has 1 unspecified atom stereocenters. The molecule has 0 bridgehead atoms. The summed E-state index contributed by atoms with van der Waals surface area (Å²) in [7, 11) is 1.52. The molecule has 3 heterocycles. The maximum absolute atomic E-state index is 14.0. The van der Waals surface area contributed by atoms with Gasteiger partial charge in [0.15, 0.2) is 34.4 Å². The monoisotopic (exact) mass is 564 g/mol. The third kappa shape index (κ3) is 5.75. The van der Waals surface area contributed by atoms with Crippen LogP contribution < -0.4 is 14.2 Å². The van der Waals surface area contributed by atoms with Gasteiger partial charge in [-0.15, -0.1) is 0 Å². The average Bonchev–Trinajstić information content (AvgIpc) is 3.54. The number of hydrogen-bond donors (Lipinski definition) is 1. The number of rotatable bonds is 12. The molecule has 41 heavy (non-hydrogen) atoms. The van der Waals surface area contributed by atoms with Crippen molar-refractivity contribution in [1.29, 1.82) is 0 Å². The normalized spacial score (nSPS) is 17.9. The number of furan rings is 1. The Morgan fingerprint density at radius 2 is 1.76 bits per heavy atom. The molecule has 0 aliphatic carbocycles. The molecule has 10 nitrogen and oxygen atoms in total. The van der Waals surface area contributed by atoms with Crippen LogP contribution in [0.3, 0.4) is 0 Å². The van der Waals surface area contributed by atoms with E-state index >= 15 is 0 Å². The minimum atomic E-state index is -0.843. The first kappa shape index (κ1) is 28.5. The molecule has 0 saturated carbocycles. The molecule has 0 spiro atoms. The molecule has 2 aliphatic rings. The summed E-state index contributed by atoms with van der Waals surface area (Å²) in [5, 5.41) is 11.8. The van der Waals surface area contributed by atoms with Crippen LogP contribution in [0.15, 0.2) is 58.2 Å². The third-order valence-electron chi connectivity index (χ3n) is 7.36. The molecule has 218 valence electrons. The smallest absolute Gasteiger partial charge is 0.290 e. The quantitative estimate of drug-likeness (QED) is 0.317. The number of hydrogen-bond acceptors (Lipinski definition) is 9. The highest BCUT2D eigenvalue weighted by Crippen LogP contribution is 2.42. The largest absolute Gasteiger partial charge is 0.503 e. The Hall–Kier alpha value is -4.02. The van der Waals surface area contributed by atoms with Crippen LogP contribution >= 0.6 is 0 Å². The Kier molecular flexibility index (Phi) is 8.80. The number of ketones is 1. The van der Waals surface area contributed by atoms with Gasteiger partial charge >= 0.3 is 0 Å². The van der Waals surface area contributed by atoms with Crippen LogP contribution in [0, 0.1) is 0 Å². The molecule has 1 amide bonds. The van der Waals surface area contributed by atoms with E-state index in [0.29, 0.717) is 73.2 Å². The Morgan fingerprint density at radius 1 is 1.00 bits per heavy atom. The highest BCUT2D eigenvalue weighted by atomic mass is 16.5. The van der Waals surface area contributed by atoms with Crippen molar-refractivity contribution in [3.63, 3.8) is 0 Å². The van der Waals surface area contributed by atoms with E-state index in [1.165, 1.54) is 7.11 Å². The van der Waals surface area contributed by atoms with Gasteiger partial charge in [-0.1, -0.05) is 18.2 Å². The molecule has 2 aromatic carbocycles. The summed E-state index contributed by atoms with van der Waals surface area (Å²) in [4.78, 5) is 31.3. The lowest BCUT2D eigenvalue weighted by molar-refractivity contribution is -0.129. The predicted octanol–water partition coefficient (Wildman–Crippen LogP) is 4.54. The Balaban J connectivity index is 1.52. The number of benzene rings is 2. The zero-order chi connectivity index (χ0) is 28.9. The molecule has 0 radical (unpaired) electrons. The highest BCUT2D eigenvalue weighted by molar-refractivity contribution is 6.16. The Bertz CT molecular complexity index is 1440. The summed E-state index contributed by atoms with van der Waals surface area (Å²) in [5.74, 6) is -0.189. The minimum absolute atomic E-state index is 0.00925. The number of aliphatic hydroxyl groups excluding tert-OH is 1. The molecule has 5 rings (SSSR count). The summed E-state index contributed by atoms with van der Waals surface area (Å²) >= 11 is 0. The van der Waals surface area contributed by atoms with Gasteiger partial charge < -0.3 is 33.4 Å². The fourth-order valence-corrected chi connectivity index (χ4v) is 5.43. The lowest BCUT2D eigenvalue weighted by Crippen LogP contribution is -2.39. The standard InChI is InChI=1S/C31H36N2O8/c1-4-39-22-11-10-20(18-24(22)40-5-2)27-26(28(34)25-19-21-8-6-9-23(37-3)30(21)41-25)29(35)31(36)33(27)13-7-12-32-14-16-38-17-15-32/h6,8-11,18-19,27,35H,4-5,7,12-17H2,1-3H3. The Labute approximate surface area is 239 Å². The molecule has 1 N–H and O–H groups in total. The predicted molar refractivity (Wildman–Crippen MR) is 152 cm³/mol. The number of fused-ring (bicyclic) bond motifs is 1. The highest BCUT2D eigenvalue weighted by Gasteiger charge is 2.44. The molecule has 3 aromatic rings. The maximum Gasteiger partial charge on any atom is 0.290 e. The topological polar surface area (TPSA) is 111 Å². The second-order valence-electron chi connectivity index (χ2n) is 9.86. The summed E-state index contributed by atoms with van der Waals surface area (Å²) in [6, 6.07) is 11.4. The van der Waals surface area contributed by atoms with Crippen LogP contribution in [-0.2, 0) is 9.53 Å². The number of ether oxygens (including phenoxy) is 4. The van der Waals surface area contributed by atoms with E-state index in [2.05, 4.69) is 4.90 Å². The number of carbonyl (C=O) groups excluding carboxylic acids is 2. The number of morpholine rings is 1. The van der Waals surface area contributed by atoms with Crippen LogP contribution in [0.5, 0.6) is 17.2 Å². The van der Waals surface area contributed by atoms with Crippen molar-refractivity contribution < 1.29 is 38.1 Å². The van der Waals surface area contributed by atoms with E-state index in [4.69, 9.17) is 23.4 Å². The number of carbonyl (C=O) groups is 2. The van der Waals surface area contributed by atoms with E-state index in [9.17, 15) is 14.7 Å². The van der Waals surface area contributed by atoms with Crippen molar-refractivity contribution in [1.82, 2.24) is 9.80 Å². The van der Waals surface area contributed by atoms with E-state index in [-0.39, 0.29) is 11.3 Å². The van der Waals surface area contributed by atoms with Gasteiger partial charge in [0.1, 0.15) is 0 Å². The molecule has 1 saturated heterocycles. The van der Waals surface area contributed by atoms with Gasteiger partial charge in [0.25, 0.3) is 5.91 Å². The van der Waals surface area contributed by atoms with Gasteiger partial charge in [-0.05, 0) is 50.1 Å². The maximum atomic E-state index is 14.0. The van der Waals surface area contributed by atoms with Gasteiger partial charge in [0, 0.05) is 31.6 Å². The van der Waals surface area contributed by atoms with E-state index in [1.54, 1.807) is 41.3 Å². The van der Waals surface area contributed by atoms with Crippen molar-refractivity contribution in [2.24, 2.45) is 0 Å². The zero-order valence-corrected chi connectivity index (χ0v) is 23.7. The number of Topliss-reactive ketones (excluding diaryl/α,β-unsaturated/α-hetero) is 1. The van der Waals surface area contributed by atoms with E-state index < -0.39 is 23.5 Å². The fraction of sp³-hybridized carbons (Fsp3) is 0.419. The second-order valence-corrected chi connectivity index (χ2v) is 9.86. The van der Waals surface area contributed by atoms with Crippen LogP contribution in [0.2, 0.25) is 0 Å². The van der Waals surface area contributed by atoms with Crippen LogP contribution in [-0.4, -0.2) is 86.3 Å². The number of para-hydroxylation sites is 1. The lowest BCUT2D eigenvalue weighted by atomic mass is 9.94. The molecular formula is C31H36N2O8. The third-order valence-corrected chi connectivity index (χ3v) is 7.36. The van der Waals surface area contributed by atoms with Crippen molar-refractivity contribution in [2.75, 3.05) is 59.7 Å². The summed E-state index contributed by atoms with van der Waals surface area (Å²) in [5.41, 5.74) is 1.00. The minimum Gasteiger partial charge on any atom is -0.503 e. The zero-order valence-electron chi connectivity index (χ0n) is 23.7. The number of nitrogens with zero attached hydrogens (tertiary/aromatic N) is 2. The van der Waals surface area contributed by atoms with Crippen molar-refractivity contribution in [3.8, 4) is 17.2 Å². The summed E-state index contributed by atoms with van der Waals surface area (Å²) in [6.45, 7) is 8.74. The summed E-state index contributed by atoms with van der Waals surface area (Å²) in [6.07, 6.45) is 0.661. The van der Waals surface area contributed by atoms with Crippen LogP contribution in [0.1, 0.15) is 42.4 Å². The molecular weight excluding hydrogens is 528 g/mol. The van der Waals surface area contributed by atoms with Gasteiger partial charge in [-0.2, -0.15) is 0 Å². The Morgan fingerprint density at radius 3 is 2.49 bits per heavy atom. The van der Waals surface area contributed by atoms with Crippen molar-refractivity contribution >= 4 is 22.7 Å².